The molecule has 0 unspecified atom stereocenters. The molecular formula is C17H16FN3O2S. The molecule has 0 radical (unpaired) electrons. The van der Waals surface area contributed by atoms with Crippen LogP contribution in [0.1, 0.15) is 18.4 Å². The summed E-state index contributed by atoms with van der Waals surface area (Å²) in [4.78, 5) is 26.2. The first-order valence-electron chi connectivity index (χ1n) is 7.76. The Kier molecular flexibility index (Phi) is 3.60. The van der Waals surface area contributed by atoms with Gasteiger partial charge in [-0.05, 0) is 36.2 Å². The molecule has 0 bridgehead atoms. The van der Waals surface area contributed by atoms with Crippen molar-refractivity contribution in [1.29, 1.82) is 0 Å². The Hall–Kier alpha value is -2.28. The Morgan fingerprint density at radius 1 is 1.25 bits per heavy atom. The van der Waals surface area contributed by atoms with Gasteiger partial charge in [-0.3, -0.25) is 19.7 Å². The van der Waals surface area contributed by atoms with Crippen LogP contribution in [0.25, 0.3) is 0 Å². The summed E-state index contributed by atoms with van der Waals surface area (Å²) in [5.74, 6) is -0.0261. The van der Waals surface area contributed by atoms with Gasteiger partial charge in [0.25, 0.3) is 5.91 Å². The maximum absolute atomic E-state index is 13.3. The molecule has 2 atom stereocenters. The molecule has 1 aromatic carbocycles. The first kappa shape index (κ1) is 15.3. The molecule has 24 heavy (non-hydrogen) atoms. The van der Waals surface area contributed by atoms with Gasteiger partial charge < -0.3 is 4.90 Å². The van der Waals surface area contributed by atoms with Crippen LogP contribution >= 0.6 is 11.8 Å². The largest absolute Gasteiger partial charge is 0.311 e. The van der Waals surface area contributed by atoms with E-state index in [0.29, 0.717) is 18.6 Å². The second-order valence-electron chi connectivity index (χ2n) is 5.95. The number of halogens is 1. The number of thioether (sulfide) groups is 1. The number of nitrogens with zero attached hydrogens (tertiary/aromatic N) is 2. The number of carbonyl (C=O) groups is 2. The predicted octanol–water partition coefficient (Wildman–Crippen LogP) is 2.29. The van der Waals surface area contributed by atoms with Crippen molar-refractivity contribution in [3.63, 3.8) is 0 Å². The Balaban J connectivity index is 1.64. The van der Waals surface area contributed by atoms with E-state index in [9.17, 15) is 14.0 Å². The van der Waals surface area contributed by atoms with Crippen molar-refractivity contribution >= 4 is 23.6 Å². The number of nitrogens with one attached hydrogen (secondary N) is 1. The Morgan fingerprint density at radius 3 is 2.67 bits per heavy atom. The van der Waals surface area contributed by atoms with E-state index in [2.05, 4.69) is 5.43 Å². The van der Waals surface area contributed by atoms with Crippen molar-refractivity contribution in [2.45, 2.75) is 23.8 Å². The van der Waals surface area contributed by atoms with Gasteiger partial charge in [0, 0.05) is 24.6 Å². The normalized spacial score (nSPS) is 25.8. The summed E-state index contributed by atoms with van der Waals surface area (Å²) in [6.07, 6.45) is 4.51. The average Bonchev–Trinajstić information content (AvgIpc) is 3.27. The van der Waals surface area contributed by atoms with Gasteiger partial charge in [-0.2, -0.15) is 0 Å². The van der Waals surface area contributed by atoms with Gasteiger partial charge in [-0.25, -0.2) is 4.39 Å². The van der Waals surface area contributed by atoms with Crippen molar-refractivity contribution in [3.8, 4) is 0 Å². The highest BCUT2D eigenvalue weighted by Crippen LogP contribution is 2.54. The van der Waals surface area contributed by atoms with Gasteiger partial charge in [0.2, 0.25) is 5.91 Å². The van der Waals surface area contributed by atoms with Crippen LogP contribution < -0.4 is 5.43 Å². The molecule has 2 aromatic rings. The molecule has 4 rings (SSSR count). The third-order valence-corrected chi connectivity index (χ3v) is 6.17. The molecule has 0 spiro atoms. The molecule has 0 aliphatic carbocycles. The second kappa shape index (κ2) is 5.66. The quantitative estimate of drug-likeness (QED) is 0.929. The SMILES string of the molecule is O=C(Nn1cccc1)[C@H]1CS[C@]2(c3ccc(F)cc3)CCC(=O)N12. The van der Waals surface area contributed by atoms with E-state index in [-0.39, 0.29) is 17.6 Å². The number of carbonyl (C=O) groups excluding carboxylic acids is 2. The summed E-state index contributed by atoms with van der Waals surface area (Å²) in [6, 6.07) is 9.32. The minimum absolute atomic E-state index is 0.0306. The fourth-order valence-electron chi connectivity index (χ4n) is 3.46. The molecule has 2 saturated heterocycles. The second-order valence-corrected chi connectivity index (χ2v) is 7.25. The zero-order chi connectivity index (χ0) is 16.7. The monoisotopic (exact) mass is 345 g/mol. The number of rotatable bonds is 3. The van der Waals surface area contributed by atoms with Crippen LogP contribution in [0.4, 0.5) is 4.39 Å². The number of benzene rings is 1. The lowest BCUT2D eigenvalue weighted by atomic mass is 10.0. The molecule has 1 aromatic heterocycles. The molecule has 0 saturated carbocycles. The van der Waals surface area contributed by atoms with E-state index in [0.717, 1.165) is 5.56 Å². The first-order chi connectivity index (χ1) is 11.6. The van der Waals surface area contributed by atoms with E-state index < -0.39 is 10.9 Å². The Morgan fingerprint density at radius 2 is 1.96 bits per heavy atom. The molecule has 7 heteroatoms. The zero-order valence-electron chi connectivity index (χ0n) is 12.8. The van der Waals surface area contributed by atoms with Crippen LogP contribution in [0, 0.1) is 5.82 Å². The first-order valence-corrected chi connectivity index (χ1v) is 8.75. The molecule has 5 nitrogen and oxygen atoms in total. The number of aromatic nitrogens is 1. The number of fused-ring (bicyclic) bond motifs is 1. The van der Waals surface area contributed by atoms with Crippen molar-refractivity contribution < 1.29 is 14.0 Å². The molecule has 2 fully saturated rings. The zero-order valence-corrected chi connectivity index (χ0v) is 13.6. The predicted molar refractivity (Wildman–Crippen MR) is 89.2 cm³/mol. The summed E-state index contributed by atoms with van der Waals surface area (Å²) >= 11 is 1.58. The summed E-state index contributed by atoms with van der Waals surface area (Å²) in [5.41, 5.74) is 3.66. The molecular weight excluding hydrogens is 329 g/mol. The van der Waals surface area contributed by atoms with Gasteiger partial charge in [0.05, 0.1) is 0 Å². The van der Waals surface area contributed by atoms with Crippen LogP contribution in [0.3, 0.4) is 0 Å². The van der Waals surface area contributed by atoms with Crippen LogP contribution in [0.5, 0.6) is 0 Å². The van der Waals surface area contributed by atoms with E-state index in [1.165, 1.54) is 12.1 Å². The van der Waals surface area contributed by atoms with Crippen LogP contribution in [0.2, 0.25) is 0 Å². The number of hydrogen-bond acceptors (Lipinski definition) is 3. The van der Waals surface area contributed by atoms with Crippen molar-refractivity contribution in [3.05, 3.63) is 60.2 Å². The van der Waals surface area contributed by atoms with E-state index in [1.54, 1.807) is 45.9 Å². The lowest BCUT2D eigenvalue weighted by Crippen LogP contribution is -2.49. The van der Waals surface area contributed by atoms with Gasteiger partial charge in [0.15, 0.2) is 0 Å². The lowest BCUT2D eigenvalue weighted by Gasteiger charge is -2.34. The summed E-state index contributed by atoms with van der Waals surface area (Å²) in [7, 11) is 0. The molecule has 1 N–H and O–H groups in total. The van der Waals surface area contributed by atoms with Crippen LogP contribution in [0.15, 0.2) is 48.8 Å². The maximum Gasteiger partial charge on any atom is 0.262 e. The third-order valence-electron chi connectivity index (χ3n) is 4.57. The standard InChI is InChI=1S/C17H16FN3O2S/c18-13-5-3-12(4-6-13)17-8-7-15(22)21(17)14(11-24-17)16(23)19-20-9-1-2-10-20/h1-6,9-10,14H,7-8,11H2,(H,19,23)/t14-,17+/m1/s1. The third kappa shape index (κ3) is 2.31. The fraction of sp³-hybridized carbons (Fsp3) is 0.294. The van der Waals surface area contributed by atoms with Crippen LogP contribution in [-0.4, -0.2) is 33.2 Å². The van der Waals surface area contributed by atoms with Gasteiger partial charge in [0.1, 0.15) is 16.7 Å². The average molecular weight is 345 g/mol. The number of hydrogen-bond donors (Lipinski definition) is 1. The molecule has 2 aliphatic heterocycles. The lowest BCUT2D eigenvalue weighted by molar-refractivity contribution is -0.136. The van der Waals surface area contributed by atoms with E-state index >= 15 is 0 Å². The smallest absolute Gasteiger partial charge is 0.262 e. The van der Waals surface area contributed by atoms with Crippen molar-refractivity contribution in [2.75, 3.05) is 11.2 Å². The highest BCUT2D eigenvalue weighted by molar-refractivity contribution is 8.00. The molecule has 3 heterocycles. The molecule has 2 aliphatic rings. The van der Waals surface area contributed by atoms with Crippen molar-refractivity contribution in [1.82, 2.24) is 9.58 Å². The number of amides is 2. The fourth-order valence-corrected chi connectivity index (χ4v) is 5.11. The molecule has 2 amide bonds. The Bertz CT molecular complexity index is 778. The summed E-state index contributed by atoms with van der Waals surface area (Å²) < 4.78 is 14.8. The highest BCUT2D eigenvalue weighted by atomic mass is 32.2. The Labute approximate surface area is 142 Å². The van der Waals surface area contributed by atoms with Gasteiger partial charge in [-0.1, -0.05) is 12.1 Å². The maximum atomic E-state index is 13.3. The van der Waals surface area contributed by atoms with Gasteiger partial charge >= 0.3 is 0 Å². The van der Waals surface area contributed by atoms with Crippen molar-refractivity contribution in [2.24, 2.45) is 0 Å². The van der Waals surface area contributed by atoms with Gasteiger partial charge in [-0.15, -0.1) is 11.8 Å². The minimum Gasteiger partial charge on any atom is -0.311 e. The molecule has 124 valence electrons. The van der Waals surface area contributed by atoms with E-state index in [1.807, 2.05) is 12.1 Å². The highest BCUT2D eigenvalue weighted by Gasteiger charge is 2.56. The summed E-state index contributed by atoms with van der Waals surface area (Å²) in [5, 5.41) is 0. The minimum atomic E-state index is -0.566. The van der Waals surface area contributed by atoms with E-state index in [4.69, 9.17) is 0 Å². The van der Waals surface area contributed by atoms with Crippen LogP contribution in [-0.2, 0) is 14.5 Å². The topological polar surface area (TPSA) is 54.3 Å². The summed E-state index contributed by atoms with van der Waals surface area (Å²) in [6.45, 7) is 0.